The van der Waals surface area contributed by atoms with Crippen LogP contribution in [-0.4, -0.2) is 43.6 Å². The van der Waals surface area contributed by atoms with Crippen LogP contribution in [0.2, 0.25) is 0 Å². The summed E-state index contributed by atoms with van der Waals surface area (Å²) in [4.78, 5) is 18.3. The van der Waals surface area contributed by atoms with E-state index < -0.39 is 0 Å². The summed E-state index contributed by atoms with van der Waals surface area (Å²) in [5.74, 6) is 2.35. The Balaban J connectivity index is 1.23. The van der Waals surface area contributed by atoms with Crippen molar-refractivity contribution in [3.05, 3.63) is 78.3 Å². The number of fused-ring (bicyclic) bond motifs is 1. The number of nitrogens with one attached hydrogen (secondary N) is 3. The number of hydrogen-bond donors (Lipinski definition) is 3. The molecule has 0 radical (unpaired) electrons. The molecule has 1 fully saturated rings. The fourth-order valence-corrected chi connectivity index (χ4v) is 4.92. The number of hydrogen-bond acceptors (Lipinski definition) is 8. The molecule has 5 aromatic rings. The largest absolute Gasteiger partial charge is 0.365 e. The van der Waals surface area contributed by atoms with E-state index in [1.165, 1.54) is 5.56 Å². The summed E-state index contributed by atoms with van der Waals surface area (Å²) >= 11 is 1.67. The maximum absolute atomic E-state index is 4.90. The van der Waals surface area contributed by atoms with Gasteiger partial charge in [-0.3, -0.25) is 0 Å². The molecule has 3 N–H and O–H groups in total. The highest BCUT2D eigenvalue weighted by atomic mass is 32.1. The molecule has 1 aliphatic heterocycles. The third-order valence-corrected chi connectivity index (χ3v) is 6.78. The van der Waals surface area contributed by atoms with Crippen molar-refractivity contribution in [1.29, 1.82) is 0 Å². The molecule has 34 heavy (non-hydrogen) atoms. The van der Waals surface area contributed by atoms with Crippen molar-refractivity contribution in [2.24, 2.45) is 0 Å². The van der Waals surface area contributed by atoms with Crippen molar-refractivity contribution in [1.82, 2.24) is 29.8 Å². The molecular formula is C25H24N8S. The number of pyridine rings is 1. The van der Waals surface area contributed by atoms with Crippen molar-refractivity contribution in [2.45, 2.75) is 19.0 Å². The molecule has 0 bridgehead atoms. The van der Waals surface area contributed by atoms with Crippen molar-refractivity contribution < 1.29 is 0 Å². The van der Waals surface area contributed by atoms with Crippen molar-refractivity contribution in [2.75, 3.05) is 23.7 Å². The third kappa shape index (κ3) is 4.48. The molecular weight excluding hydrogens is 444 g/mol. The molecule has 5 heterocycles. The van der Waals surface area contributed by atoms with E-state index in [1.807, 2.05) is 29.2 Å². The number of aromatic nitrogens is 5. The van der Waals surface area contributed by atoms with Gasteiger partial charge in [-0.1, -0.05) is 12.1 Å². The molecule has 0 saturated carbocycles. The van der Waals surface area contributed by atoms with Crippen LogP contribution in [0.3, 0.4) is 0 Å². The summed E-state index contributed by atoms with van der Waals surface area (Å²) in [7, 11) is 0. The number of imidazole rings is 1. The molecule has 0 amide bonds. The van der Waals surface area contributed by atoms with Crippen LogP contribution in [-0.2, 0) is 6.54 Å². The van der Waals surface area contributed by atoms with Crippen LogP contribution in [0.4, 0.5) is 17.3 Å². The minimum Gasteiger partial charge on any atom is -0.365 e. The molecule has 6 rings (SSSR count). The van der Waals surface area contributed by atoms with E-state index in [2.05, 4.69) is 61.6 Å². The standard InChI is InChI=1S/C25H24N8S/c1-3-19(4-2-17(1)15-33-11-10-27-16-33)29-22-13-18(5-9-28-22)24-31-21-7-12-34-23(21)25(32-24)30-20-6-8-26-14-20/h1-5,7,9-13,16,20,26H,6,8,14-15H2,(H,28,29)(H,30,31,32)/t20-/m1/s1. The minimum absolute atomic E-state index is 0.388. The van der Waals surface area contributed by atoms with Gasteiger partial charge in [-0.15, -0.1) is 11.3 Å². The van der Waals surface area contributed by atoms with Gasteiger partial charge in [0.2, 0.25) is 0 Å². The average Bonchev–Trinajstić information content (AvgIpc) is 3.64. The Labute approximate surface area is 201 Å². The molecule has 9 heteroatoms. The highest BCUT2D eigenvalue weighted by Crippen LogP contribution is 2.30. The van der Waals surface area contributed by atoms with Gasteiger partial charge in [-0.2, -0.15) is 0 Å². The van der Waals surface area contributed by atoms with Gasteiger partial charge in [0.05, 0.1) is 16.5 Å². The molecule has 1 saturated heterocycles. The lowest BCUT2D eigenvalue weighted by Crippen LogP contribution is -2.22. The van der Waals surface area contributed by atoms with Gasteiger partial charge in [0.25, 0.3) is 0 Å². The number of rotatable bonds is 7. The van der Waals surface area contributed by atoms with Gasteiger partial charge in [0.15, 0.2) is 5.82 Å². The molecule has 1 atom stereocenters. The number of nitrogens with zero attached hydrogens (tertiary/aromatic N) is 5. The zero-order valence-corrected chi connectivity index (χ0v) is 19.3. The second-order valence-corrected chi connectivity index (χ2v) is 9.27. The lowest BCUT2D eigenvalue weighted by atomic mass is 10.2. The van der Waals surface area contributed by atoms with E-state index in [1.54, 1.807) is 23.7 Å². The average molecular weight is 469 g/mol. The van der Waals surface area contributed by atoms with Crippen molar-refractivity contribution >= 4 is 38.9 Å². The van der Waals surface area contributed by atoms with Gasteiger partial charge in [-0.25, -0.2) is 19.9 Å². The lowest BCUT2D eigenvalue weighted by molar-refractivity contribution is 0.789. The van der Waals surface area contributed by atoms with Gasteiger partial charge in [-0.05, 0) is 54.2 Å². The highest BCUT2D eigenvalue weighted by molar-refractivity contribution is 7.17. The van der Waals surface area contributed by atoms with Crippen LogP contribution < -0.4 is 16.0 Å². The maximum Gasteiger partial charge on any atom is 0.162 e. The zero-order valence-electron chi connectivity index (χ0n) is 18.5. The Kier molecular flexibility index (Phi) is 5.62. The fourth-order valence-electron chi connectivity index (χ4n) is 4.13. The Morgan fingerprint density at radius 1 is 1.09 bits per heavy atom. The highest BCUT2D eigenvalue weighted by Gasteiger charge is 2.18. The summed E-state index contributed by atoms with van der Waals surface area (Å²) in [6.45, 7) is 2.79. The van der Waals surface area contributed by atoms with Crippen LogP contribution in [0.15, 0.2) is 72.8 Å². The summed E-state index contributed by atoms with van der Waals surface area (Å²) < 4.78 is 3.14. The quantitative estimate of drug-likeness (QED) is 0.323. The predicted octanol–water partition coefficient (Wildman–Crippen LogP) is 4.52. The third-order valence-electron chi connectivity index (χ3n) is 5.87. The van der Waals surface area contributed by atoms with Gasteiger partial charge >= 0.3 is 0 Å². The number of anilines is 3. The first kappa shape index (κ1) is 20.8. The molecule has 8 nitrogen and oxygen atoms in total. The normalized spacial score (nSPS) is 15.6. The summed E-state index contributed by atoms with van der Waals surface area (Å²) in [6, 6.07) is 14.7. The molecule has 4 aromatic heterocycles. The number of benzene rings is 1. The topological polar surface area (TPSA) is 92.6 Å². The van der Waals surface area contributed by atoms with Crippen LogP contribution >= 0.6 is 11.3 Å². The lowest BCUT2D eigenvalue weighted by Gasteiger charge is -2.14. The summed E-state index contributed by atoms with van der Waals surface area (Å²) in [5.41, 5.74) is 4.07. The Morgan fingerprint density at radius 2 is 2.03 bits per heavy atom. The van der Waals surface area contributed by atoms with Gasteiger partial charge in [0, 0.05) is 49.0 Å². The molecule has 1 aromatic carbocycles. The fraction of sp³-hybridized carbons (Fsp3) is 0.200. The van der Waals surface area contributed by atoms with E-state index in [9.17, 15) is 0 Å². The van der Waals surface area contributed by atoms with Crippen molar-refractivity contribution in [3.8, 4) is 11.4 Å². The minimum atomic E-state index is 0.388. The van der Waals surface area contributed by atoms with Crippen LogP contribution in [0, 0.1) is 0 Å². The van der Waals surface area contributed by atoms with E-state index >= 15 is 0 Å². The van der Waals surface area contributed by atoms with Crippen LogP contribution in [0.1, 0.15) is 12.0 Å². The Morgan fingerprint density at radius 3 is 2.85 bits per heavy atom. The summed E-state index contributed by atoms with van der Waals surface area (Å²) in [6.07, 6.45) is 8.46. The molecule has 1 aliphatic rings. The molecule has 0 unspecified atom stereocenters. The van der Waals surface area contributed by atoms with E-state index in [4.69, 9.17) is 9.97 Å². The smallest absolute Gasteiger partial charge is 0.162 e. The first-order valence-electron chi connectivity index (χ1n) is 11.3. The first-order valence-corrected chi connectivity index (χ1v) is 12.2. The SMILES string of the molecule is c1cn(Cc2ccc(Nc3cc(-c4nc(N[C@@H]5CCNC5)c5sccc5n4)ccn3)cc2)cn1. The molecule has 0 aliphatic carbocycles. The van der Waals surface area contributed by atoms with E-state index in [0.29, 0.717) is 11.9 Å². The Hall–Kier alpha value is -3.82. The van der Waals surface area contributed by atoms with Gasteiger partial charge in [0.1, 0.15) is 11.6 Å². The maximum atomic E-state index is 4.90. The molecule has 170 valence electrons. The first-order chi connectivity index (χ1) is 16.8. The van der Waals surface area contributed by atoms with E-state index in [-0.39, 0.29) is 0 Å². The second kappa shape index (κ2) is 9.20. The van der Waals surface area contributed by atoms with Gasteiger partial charge < -0.3 is 20.5 Å². The monoisotopic (exact) mass is 468 g/mol. The van der Waals surface area contributed by atoms with Crippen molar-refractivity contribution in [3.63, 3.8) is 0 Å². The second-order valence-electron chi connectivity index (χ2n) is 8.35. The predicted molar refractivity (Wildman–Crippen MR) is 137 cm³/mol. The zero-order chi connectivity index (χ0) is 22.7. The van der Waals surface area contributed by atoms with Crippen LogP contribution in [0.25, 0.3) is 21.6 Å². The van der Waals surface area contributed by atoms with E-state index in [0.717, 1.165) is 59.2 Å². The van der Waals surface area contributed by atoms with Crippen LogP contribution in [0.5, 0.6) is 0 Å². The summed E-state index contributed by atoms with van der Waals surface area (Å²) in [5, 5.41) is 12.5. The molecule has 0 spiro atoms. The number of thiophene rings is 1. The Bertz CT molecular complexity index is 1390.